The summed E-state index contributed by atoms with van der Waals surface area (Å²) in [6.07, 6.45) is 2.61. The molecule has 1 aliphatic heterocycles. The minimum Gasteiger partial charge on any atom is -0.396 e. The van der Waals surface area contributed by atoms with Crippen LogP contribution in [0.25, 0.3) is 0 Å². The van der Waals surface area contributed by atoms with Crippen LogP contribution < -0.4 is 10.6 Å². The summed E-state index contributed by atoms with van der Waals surface area (Å²) in [5, 5.41) is 0. The summed E-state index contributed by atoms with van der Waals surface area (Å²) in [6, 6.07) is 4.98. The minimum absolute atomic E-state index is 0.210. The molecular formula is C13H20FN3. The van der Waals surface area contributed by atoms with Crippen LogP contribution in [-0.2, 0) is 0 Å². The van der Waals surface area contributed by atoms with Crippen LogP contribution in [0.1, 0.15) is 12.8 Å². The summed E-state index contributed by atoms with van der Waals surface area (Å²) in [6.45, 7) is 4.36. The third-order valence-corrected chi connectivity index (χ3v) is 3.38. The number of nitrogen functional groups attached to an aromatic ring is 1. The van der Waals surface area contributed by atoms with Gasteiger partial charge in [-0.25, -0.2) is 4.39 Å². The lowest BCUT2D eigenvalue weighted by Crippen LogP contribution is -2.31. The number of hydrogen-bond donors (Lipinski definition) is 1. The molecule has 0 atom stereocenters. The summed E-state index contributed by atoms with van der Waals surface area (Å²) in [5.41, 5.74) is 6.56. The van der Waals surface area contributed by atoms with Gasteiger partial charge in [-0.1, -0.05) is 0 Å². The molecule has 0 bridgehead atoms. The lowest BCUT2D eigenvalue weighted by atomic mass is 10.2. The van der Waals surface area contributed by atoms with E-state index in [1.807, 2.05) is 13.1 Å². The Labute approximate surface area is 102 Å². The van der Waals surface area contributed by atoms with E-state index in [1.165, 1.54) is 32.0 Å². The van der Waals surface area contributed by atoms with Crippen molar-refractivity contribution in [3.05, 3.63) is 24.0 Å². The third-order valence-electron chi connectivity index (χ3n) is 3.38. The van der Waals surface area contributed by atoms with Crippen LogP contribution in [0.4, 0.5) is 15.8 Å². The first kappa shape index (κ1) is 12.2. The monoisotopic (exact) mass is 237 g/mol. The van der Waals surface area contributed by atoms with Gasteiger partial charge in [0.1, 0.15) is 5.82 Å². The molecule has 0 unspecified atom stereocenters. The number of likely N-dealkylation sites (tertiary alicyclic amines) is 1. The van der Waals surface area contributed by atoms with Crippen molar-refractivity contribution in [3.63, 3.8) is 0 Å². The van der Waals surface area contributed by atoms with Crippen LogP contribution in [0, 0.1) is 5.82 Å². The second-order valence-electron chi connectivity index (χ2n) is 4.68. The lowest BCUT2D eigenvalue weighted by Gasteiger charge is -2.23. The number of halogens is 1. The first-order valence-corrected chi connectivity index (χ1v) is 6.15. The van der Waals surface area contributed by atoms with Gasteiger partial charge >= 0.3 is 0 Å². The number of anilines is 2. The molecule has 0 aromatic heterocycles. The van der Waals surface area contributed by atoms with Crippen LogP contribution >= 0.6 is 0 Å². The van der Waals surface area contributed by atoms with E-state index in [1.54, 1.807) is 6.07 Å². The molecule has 0 spiro atoms. The maximum absolute atomic E-state index is 13.3. The molecule has 0 amide bonds. The largest absolute Gasteiger partial charge is 0.396 e. The Balaban J connectivity index is 1.89. The molecule has 17 heavy (non-hydrogen) atoms. The molecule has 4 heteroatoms. The topological polar surface area (TPSA) is 32.5 Å². The molecule has 1 heterocycles. The Bertz CT molecular complexity index is 375. The molecule has 1 fully saturated rings. The fourth-order valence-electron chi connectivity index (χ4n) is 2.18. The smallest absolute Gasteiger partial charge is 0.148 e. The molecule has 0 radical (unpaired) electrons. The van der Waals surface area contributed by atoms with E-state index in [0.717, 1.165) is 18.8 Å². The fraction of sp³-hybridized carbons (Fsp3) is 0.538. The quantitative estimate of drug-likeness (QED) is 0.812. The Kier molecular flexibility index (Phi) is 3.84. The molecule has 2 rings (SSSR count). The van der Waals surface area contributed by atoms with Crippen LogP contribution in [0.15, 0.2) is 18.2 Å². The van der Waals surface area contributed by atoms with E-state index in [9.17, 15) is 4.39 Å². The maximum Gasteiger partial charge on any atom is 0.148 e. The van der Waals surface area contributed by atoms with E-state index >= 15 is 0 Å². The van der Waals surface area contributed by atoms with Gasteiger partial charge in [-0.3, -0.25) is 0 Å². The van der Waals surface area contributed by atoms with E-state index in [-0.39, 0.29) is 11.5 Å². The Morgan fingerprint density at radius 3 is 2.71 bits per heavy atom. The molecule has 1 aromatic carbocycles. The Hall–Kier alpha value is -1.29. The molecule has 3 nitrogen and oxygen atoms in total. The molecular weight excluding hydrogens is 217 g/mol. The van der Waals surface area contributed by atoms with Gasteiger partial charge < -0.3 is 15.5 Å². The van der Waals surface area contributed by atoms with Crippen LogP contribution in [-0.4, -0.2) is 38.1 Å². The SMILES string of the molecule is CN(CCN1CCCC1)c1ccc(N)c(F)c1. The van der Waals surface area contributed by atoms with Gasteiger partial charge in [0.15, 0.2) is 0 Å². The summed E-state index contributed by atoms with van der Waals surface area (Å²) in [5.74, 6) is -0.337. The van der Waals surface area contributed by atoms with Gasteiger partial charge in [0.05, 0.1) is 5.69 Å². The highest BCUT2D eigenvalue weighted by Gasteiger charge is 2.12. The van der Waals surface area contributed by atoms with Gasteiger partial charge in [-0.15, -0.1) is 0 Å². The van der Waals surface area contributed by atoms with Gasteiger partial charge in [0.25, 0.3) is 0 Å². The molecule has 1 aliphatic rings. The number of benzene rings is 1. The average Bonchev–Trinajstić information content (AvgIpc) is 2.82. The average molecular weight is 237 g/mol. The second kappa shape index (κ2) is 5.36. The predicted molar refractivity (Wildman–Crippen MR) is 69.8 cm³/mol. The number of likely N-dealkylation sites (N-methyl/N-ethyl adjacent to an activating group) is 1. The molecule has 2 N–H and O–H groups in total. The number of rotatable bonds is 4. The number of nitrogens with zero attached hydrogens (tertiary/aromatic N) is 2. The first-order chi connectivity index (χ1) is 8.16. The molecule has 0 aliphatic carbocycles. The normalized spacial score (nSPS) is 16.4. The van der Waals surface area contributed by atoms with E-state index in [4.69, 9.17) is 5.73 Å². The Morgan fingerprint density at radius 1 is 1.35 bits per heavy atom. The van der Waals surface area contributed by atoms with Gasteiger partial charge in [0.2, 0.25) is 0 Å². The van der Waals surface area contributed by atoms with E-state index in [0.29, 0.717) is 0 Å². The predicted octanol–water partition coefficient (Wildman–Crippen LogP) is 1.94. The second-order valence-corrected chi connectivity index (χ2v) is 4.68. The maximum atomic E-state index is 13.3. The minimum atomic E-state index is -0.337. The summed E-state index contributed by atoms with van der Waals surface area (Å²) >= 11 is 0. The zero-order valence-electron chi connectivity index (χ0n) is 10.3. The molecule has 0 saturated carbocycles. The first-order valence-electron chi connectivity index (χ1n) is 6.15. The van der Waals surface area contributed by atoms with Crippen molar-refractivity contribution >= 4 is 11.4 Å². The van der Waals surface area contributed by atoms with E-state index in [2.05, 4.69) is 9.80 Å². The van der Waals surface area contributed by atoms with Crippen LogP contribution in [0.2, 0.25) is 0 Å². The Morgan fingerprint density at radius 2 is 2.06 bits per heavy atom. The van der Waals surface area contributed by atoms with Crippen molar-refractivity contribution in [2.45, 2.75) is 12.8 Å². The summed E-state index contributed by atoms with van der Waals surface area (Å²) < 4.78 is 13.3. The van der Waals surface area contributed by atoms with Gasteiger partial charge in [0, 0.05) is 25.8 Å². The number of hydrogen-bond acceptors (Lipinski definition) is 3. The van der Waals surface area contributed by atoms with Gasteiger partial charge in [-0.2, -0.15) is 0 Å². The highest BCUT2D eigenvalue weighted by atomic mass is 19.1. The van der Waals surface area contributed by atoms with Crippen molar-refractivity contribution < 1.29 is 4.39 Å². The summed E-state index contributed by atoms with van der Waals surface area (Å²) in [7, 11) is 1.99. The molecule has 1 saturated heterocycles. The molecule has 1 aromatic rings. The number of nitrogens with two attached hydrogens (primary N) is 1. The van der Waals surface area contributed by atoms with Crippen molar-refractivity contribution in [1.82, 2.24) is 4.90 Å². The lowest BCUT2D eigenvalue weighted by molar-refractivity contribution is 0.346. The van der Waals surface area contributed by atoms with Crippen molar-refractivity contribution in [1.29, 1.82) is 0 Å². The molecule has 94 valence electrons. The zero-order valence-corrected chi connectivity index (χ0v) is 10.3. The third kappa shape index (κ3) is 3.09. The van der Waals surface area contributed by atoms with Crippen LogP contribution in [0.3, 0.4) is 0 Å². The van der Waals surface area contributed by atoms with Crippen molar-refractivity contribution in [2.75, 3.05) is 43.9 Å². The highest BCUT2D eigenvalue weighted by Crippen LogP contribution is 2.19. The standard InChI is InChI=1S/C13H20FN3/c1-16(8-9-17-6-2-3-7-17)11-4-5-13(15)12(14)10-11/h4-5,10H,2-3,6-9,15H2,1H3. The fourth-order valence-corrected chi connectivity index (χ4v) is 2.18. The van der Waals surface area contributed by atoms with E-state index < -0.39 is 0 Å². The van der Waals surface area contributed by atoms with Crippen molar-refractivity contribution in [2.24, 2.45) is 0 Å². The highest BCUT2D eigenvalue weighted by molar-refractivity contribution is 5.53. The van der Waals surface area contributed by atoms with Crippen molar-refractivity contribution in [3.8, 4) is 0 Å². The van der Waals surface area contributed by atoms with Crippen LogP contribution in [0.5, 0.6) is 0 Å². The summed E-state index contributed by atoms with van der Waals surface area (Å²) in [4.78, 5) is 4.52. The zero-order chi connectivity index (χ0) is 12.3. The van der Waals surface area contributed by atoms with Gasteiger partial charge in [-0.05, 0) is 44.1 Å².